The maximum atomic E-state index is 9.08. The molecule has 1 saturated heterocycles. The second-order valence-corrected chi connectivity index (χ2v) is 3.93. The van der Waals surface area contributed by atoms with Gasteiger partial charge in [0.1, 0.15) is 0 Å². The minimum Gasteiger partial charge on any atom is -0.394 e. The van der Waals surface area contributed by atoms with Gasteiger partial charge in [-0.05, 0) is 32.1 Å². The van der Waals surface area contributed by atoms with Gasteiger partial charge in [-0.3, -0.25) is 0 Å². The monoisotopic (exact) mass is 141 g/mol. The molecule has 2 N–H and O–H groups in total. The summed E-state index contributed by atoms with van der Waals surface area (Å²) in [4.78, 5) is 0. The molecule has 2 heteroatoms. The third-order valence-corrected chi connectivity index (χ3v) is 3.20. The second-order valence-electron chi connectivity index (χ2n) is 3.93. The Kier molecular flexibility index (Phi) is 1.29. The average Bonchev–Trinajstić information content (AvgIpc) is 2.46. The van der Waals surface area contributed by atoms with Crippen molar-refractivity contribution in [1.82, 2.24) is 5.32 Å². The first-order valence-electron chi connectivity index (χ1n) is 4.13. The van der Waals surface area contributed by atoms with E-state index in [1.165, 1.54) is 19.3 Å². The number of fused-ring (bicyclic) bond motifs is 2. The Hall–Kier alpha value is -0.0800. The number of hydrogen-bond donors (Lipinski definition) is 2. The highest BCUT2D eigenvalue weighted by molar-refractivity contribution is 5.05. The summed E-state index contributed by atoms with van der Waals surface area (Å²) in [6.45, 7) is 2.44. The Morgan fingerprint density at radius 3 is 2.70 bits per heavy atom. The van der Waals surface area contributed by atoms with Gasteiger partial charge < -0.3 is 10.4 Å². The summed E-state index contributed by atoms with van der Waals surface area (Å²) in [5.41, 5.74) is 0.0584. The van der Waals surface area contributed by atoms with E-state index in [-0.39, 0.29) is 5.54 Å². The summed E-state index contributed by atoms with van der Waals surface area (Å²) < 4.78 is 0. The summed E-state index contributed by atoms with van der Waals surface area (Å²) >= 11 is 0. The van der Waals surface area contributed by atoms with Gasteiger partial charge in [-0.25, -0.2) is 0 Å². The smallest absolute Gasteiger partial charge is 0.0613 e. The van der Waals surface area contributed by atoms with E-state index in [1.54, 1.807) is 0 Å². The van der Waals surface area contributed by atoms with Crippen LogP contribution in [-0.4, -0.2) is 23.3 Å². The van der Waals surface area contributed by atoms with E-state index in [2.05, 4.69) is 12.2 Å². The number of hydrogen-bond acceptors (Lipinski definition) is 2. The zero-order valence-electron chi connectivity index (χ0n) is 6.43. The lowest BCUT2D eigenvalue weighted by Gasteiger charge is -2.32. The molecule has 0 aromatic rings. The quantitative estimate of drug-likeness (QED) is 0.557. The first-order chi connectivity index (χ1) is 4.74. The normalized spacial score (nSPS) is 52.2. The molecule has 1 heterocycles. The molecule has 0 radical (unpaired) electrons. The van der Waals surface area contributed by atoms with Crippen LogP contribution in [0.1, 0.15) is 26.2 Å². The van der Waals surface area contributed by atoms with Crippen LogP contribution in [0.2, 0.25) is 0 Å². The van der Waals surface area contributed by atoms with Crippen molar-refractivity contribution in [2.45, 2.75) is 37.8 Å². The lowest BCUT2D eigenvalue weighted by Crippen LogP contribution is -2.50. The van der Waals surface area contributed by atoms with Crippen LogP contribution >= 0.6 is 0 Å². The van der Waals surface area contributed by atoms with Gasteiger partial charge in [-0.2, -0.15) is 0 Å². The number of piperidine rings is 1. The van der Waals surface area contributed by atoms with Gasteiger partial charge >= 0.3 is 0 Å². The van der Waals surface area contributed by atoms with E-state index in [0.717, 1.165) is 5.92 Å². The van der Waals surface area contributed by atoms with Gasteiger partial charge in [0, 0.05) is 11.6 Å². The van der Waals surface area contributed by atoms with Crippen LogP contribution in [-0.2, 0) is 0 Å². The van der Waals surface area contributed by atoms with Crippen molar-refractivity contribution in [3.63, 3.8) is 0 Å². The number of aliphatic hydroxyl groups excluding tert-OH is 1. The van der Waals surface area contributed by atoms with Crippen molar-refractivity contribution in [2.75, 3.05) is 6.61 Å². The molecular formula is C8H15NO. The maximum Gasteiger partial charge on any atom is 0.0613 e. The lowest BCUT2D eigenvalue weighted by atomic mass is 9.87. The average molecular weight is 141 g/mol. The molecule has 3 atom stereocenters. The van der Waals surface area contributed by atoms with Crippen molar-refractivity contribution < 1.29 is 5.11 Å². The summed E-state index contributed by atoms with van der Waals surface area (Å²) in [7, 11) is 0. The van der Waals surface area contributed by atoms with Gasteiger partial charge in [0.05, 0.1) is 6.61 Å². The zero-order valence-corrected chi connectivity index (χ0v) is 6.43. The van der Waals surface area contributed by atoms with E-state index >= 15 is 0 Å². The molecule has 1 aliphatic heterocycles. The summed E-state index contributed by atoms with van der Waals surface area (Å²) in [6, 6.07) is 0.710. The minimum atomic E-state index is 0.0584. The van der Waals surface area contributed by atoms with Gasteiger partial charge in [0.25, 0.3) is 0 Å². The van der Waals surface area contributed by atoms with E-state index in [4.69, 9.17) is 5.11 Å². The van der Waals surface area contributed by atoms with Crippen LogP contribution in [0.15, 0.2) is 0 Å². The van der Waals surface area contributed by atoms with Crippen LogP contribution < -0.4 is 5.32 Å². The van der Waals surface area contributed by atoms with Crippen LogP contribution in [0.3, 0.4) is 0 Å². The molecule has 3 unspecified atom stereocenters. The van der Waals surface area contributed by atoms with Crippen LogP contribution in [0, 0.1) is 5.92 Å². The SMILES string of the molecule is CC1(CO)NC2CCC1C2. The zero-order chi connectivity index (χ0) is 7.19. The molecule has 58 valence electrons. The fourth-order valence-electron chi connectivity index (χ4n) is 2.45. The molecule has 0 aromatic heterocycles. The molecule has 2 aliphatic rings. The fourth-order valence-corrected chi connectivity index (χ4v) is 2.45. The van der Waals surface area contributed by atoms with Gasteiger partial charge in [0.2, 0.25) is 0 Å². The van der Waals surface area contributed by atoms with Crippen molar-refractivity contribution in [3.05, 3.63) is 0 Å². The molecule has 2 bridgehead atoms. The summed E-state index contributed by atoms with van der Waals surface area (Å²) in [6.07, 6.45) is 3.92. The van der Waals surface area contributed by atoms with E-state index < -0.39 is 0 Å². The lowest BCUT2D eigenvalue weighted by molar-refractivity contribution is 0.134. The Morgan fingerprint density at radius 1 is 1.60 bits per heavy atom. The highest BCUT2D eigenvalue weighted by Crippen LogP contribution is 2.41. The first kappa shape index (κ1) is 6.62. The third kappa shape index (κ3) is 0.722. The van der Waals surface area contributed by atoms with Gasteiger partial charge in [0.15, 0.2) is 0 Å². The third-order valence-electron chi connectivity index (χ3n) is 3.20. The minimum absolute atomic E-state index is 0.0584. The van der Waals surface area contributed by atoms with Gasteiger partial charge in [-0.15, -0.1) is 0 Å². The van der Waals surface area contributed by atoms with Crippen LogP contribution in [0.5, 0.6) is 0 Å². The highest BCUT2D eigenvalue weighted by atomic mass is 16.3. The van der Waals surface area contributed by atoms with E-state index in [1.807, 2.05) is 0 Å². The second kappa shape index (κ2) is 1.95. The van der Waals surface area contributed by atoms with Crippen LogP contribution in [0.25, 0.3) is 0 Å². The van der Waals surface area contributed by atoms with Gasteiger partial charge in [-0.1, -0.05) is 0 Å². The number of nitrogens with one attached hydrogen (secondary N) is 1. The number of rotatable bonds is 1. The molecule has 1 aliphatic carbocycles. The first-order valence-corrected chi connectivity index (χ1v) is 4.13. The summed E-state index contributed by atoms with van der Waals surface area (Å²) in [5, 5.41) is 12.6. The molecule has 2 fully saturated rings. The molecule has 2 nitrogen and oxygen atoms in total. The Balaban J connectivity index is 2.14. The Morgan fingerprint density at radius 2 is 2.40 bits per heavy atom. The fraction of sp³-hybridized carbons (Fsp3) is 1.00. The Labute approximate surface area is 61.6 Å². The van der Waals surface area contributed by atoms with Crippen molar-refractivity contribution in [3.8, 4) is 0 Å². The Bertz CT molecular complexity index is 148. The molecule has 10 heavy (non-hydrogen) atoms. The summed E-state index contributed by atoms with van der Waals surface area (Å²) in [5.74, 6) is 0.738. The van der Waals surface area contributed by atoms with Crippen molar-refractivity contribution >= 4 is 0 Å². The highest BCUT2D eigenvalue weighted by Gasteiger charge is 2.46. The van der Waals surface area contributed by atoms with Crippen molar-refractivity contribution in [1.29, 1.82) is 0 Å². The predicted molar refractivity (Wildman–Crippen MR) is 39.8 cm³/mol. The molecule has 0 spiro atoms. The standard InChI is InChI=1S/C8H15NO/c1-8(5-10)6-2-3-7(4-6)9-8/h6-7,9-10H,2-5H2,1H3. The topological polar surface area (TPSA) is 32.3 Å². The largest absolute Gasteiger partial charge is 0.394 e. The van der Waals surface area contributed by atoms with E-state index in [0.29, 0.717) is 12.6 Å². The molecule has 2 rings (SSSR count). The molecule has 1 saturated carbocycles. The molecular weight excluding hydrogens is 126 g/mol. The molecule has 0 amide bonds. The van der Waals surface area contributed by atoms with Crippen LogP contribution in [0.4, 0.5) is 0 Å². The maximum absolute atomic E-state index is 9.08. The van der Waals surface area contributed by atoms with Crippen molar-refractivity contribution in [2.24, 2.45) is 5.92 Å². The number of aliphatic hydroxyl groups is 1. The predicted octanol–water partition coefficient (Wildman–Crippen LogP) is 0.509. The van der Waals surface area contributed by atoms with E-state index in [9.17, 15) is 0 Å². The molecule has 0 aromatic carbocycles.